The highest BCUT2D eigenvalue weighted by molar-refractivity contribution is 7.89. The number of amides is 2. The summed E-state index contributed by atoms with van der Waals surface area (Å²) in [4.78, 5) is 25.0. The van der Waals surface area contributed by atoms with Gasteiger partial charge >= 0.3 is 0 Å². The van der Waals surface area contributed by atoms with Gasteiger partial charge in [-0.3, -0.25) is 9.59 Å². The molecule has 3 aliphatic rings. The smallest absolute Gasteiger partial charge is 0.243 e. The number of carbonyl (C=O) groups excluding carboxylic acids is 2. The first-order valence-electron chi connectivity index (χ1n) is 12.6. The van der Waals surface area contributed by atoms with Crippen molar-refractivity contribution in [3.63, 3.8) is 0 Å². The number of aryl methyl sites for hydroxylation is 2. The van der Waals surface area contributed by atoms with Crippen molar-refractivity contribution in [3.8, 4) is 0 Å². The lowest BCUT2D eigenvalue weighted by Crippen LogP contribution is -2.44. The molecule has 33 heavy (non-hydrogen) atoms. The summed E-state index contributed by atoms with van der Waals surface area (Å²) in [6.45, 7) is 1.02. The van der Waals surface area contributed by atoms with E-state index in [2.05, 4.69) is 10.6 Å². The van der Waals surface area contributed by atoms with Crippen molar-refractivity contribution in [2.75, 3.05) is 19.6 Å². The van der Waals surface area contributed by atoms with Crippen molar-refractivity contribution >= 4 is 21.8 Å². The third kappa shape index (κ3) is 6.15. The monoisotopic (exact) mass is 475 g/mol. The highest BCUT2D eigenvalue weighted by Gasteiger charge is 2.32. The van der Waals surface area contributed by atoms with Crippen LogP contribution in [0.1, 0.15) is 75.3 Å². The predicted octanol–water partition coefficient (Wildman–Crippen LogP) is 2.92. The molecule has 1 aromatic carbocycles. The molecule has 0 atom stereocenters. The van der Waals surface area contributed by atoms with Gasteiger partial charge in [0.1, 0.15) is 0 Å². The van der Waals surface area contributed by atoms with Crippen molar-refractivity contribution in [1.29, 1.82) is 0 Å². The maximum atomic E-state index is 13.1. The predicted molar refractivity (Wildman–Crippen MR) is 127 cm³/mol. The van der Waals surface area contributed by atoms with E-state index in [0.29, 0.717) is 37.4 Å². The summed E-state index contributed by atoms with van der Waals surface area (Å²) in [7, 11) is -3.54. The van der Waals surface area contributed by atoms with E-state index in [-0.39, 0.29) is 30.2 Å². The Morgan fingerprint density at radius 1 is 0.909 bits per heavy atom. The van der Waals surface area contributed by atoms with Crippen LogP contribution in [0.15, 0.2) is 23.1 Å². The van der Waals surface area contributed by atoms with Gasteiger partial charge in [0.15, 0.2) is 0 Å². The second-order valence-corrected chi connectivity index (χ2v) is 11.7. The number of carbonyl (C=O) groups is 2. The number of rotatable bonds is 7. The van der Waals surface area contributed by atoms with Crippen molar-refractivity contribution in [2.24, 2.45) is 5.92 Å². The van der Waals surface area contributed by atoms with E-state index in [4.69, 9.17) is 0 Å². The summed E-state index contributed by atoms with van der Waals surface area (Å²) in [5.74, 6) is -0.291. The standard InChI is InChI=1S/C25H37N3O4S/c29-24(27-22-8-2-1-3-9-22)12-15-26-25(30)20-13-16-28(17-14-20)33(31,32)23-11-10-19-6-4-5-7-21(19)18-23/h10-11,18,20,22H,1-9,12-17H2,(H,26,30)(H,27,29). The average Bonchev–Trinajstić information content (AvgIpc) is 2.84. The lowest BCUT2D eigenvalue weighted by Gasteiger charge is -2.31. The Hall–Kier alpha value is -1.93. The maximum Gasteiger partial charge on any atom is 0.243 e. The molecule has 4 rings (SSSR count). The van der Waals surface area contributed by atoms with Crippen molar-refractivity contribution in [1.82, 2.24) is 14.9 Å². The van der Waals surface area contributed by atoms with Crippen molar-refractivity contribution in [3.05, 3.63) is 29.3 Å². The van der Waals surface area contributed by atoms with Gasteiger partial charge in [0.25, 0.3) is 0 Å². The van der Waals surface area contributed by atoms with Crippen LogP contribution in [0.4, 0.5) is 0 Å². The summed E-state index contributed by atoms with van der Waals surface area (Å²) >= 11 is 0. The molecule has 1 heterocycles. The first-order valence-corrected chi connectivity index (χ1v) is 14.1. The van der Waals surface area contributed by atoms with Gasteiger partial charge in [0, 0.05) is 38.0 Å². The summed E-state index contributed by atoms with van der Waals surface area (Å²) < 4.78 is 27.8. The lowest BCUT2D eigenvalue weighted by molar-refractivity contribution is -0.126. The van der Waals surface area contributed by atoms with Gasteiger partial charge in [-0.1, -0.05) is 25.3 Å². The largest absolute Gasteiger partial charge is 0.355 e. The molecule has 1 aromatic rings. The maximum absolute atomic E-state index is 13.1. The summed E-state index contributed by atoms with van der Waals surface area (Å²) in [6.07, 6.45) is 11.2. The quantitative estimate of drug-likeness (QED) is 0.634. The van der Waals surface area contributed by atoms with Gasteiger partial charge in [0.2, 0.25) is 21.8 Å². The molecular formula is C25H37N3O4S. The van der Waals surface area contributed by atoms with Crippen LogP contribution >= 0.6 is 0 Å². The Balaban J connectivity index is 1.22. The molecule has 2 fully saturated rings. The Morgan fingerprint density at radius 2 is 1.61 bits per heavy atom. The molecule has 2 aliphatic carbocycles. The molecule has 1 aliphatic heterocycles. The van der Waals surface area contributed by atoms with Gasteiger partial charge < -0.3 is 10.6 Å². The Bertz CT molecular complexity index is 948. The summed E-state index contributed by atoms with van der Waals surface area (Å²) in [5, 5.41) is 5.94. The first kappa shape index (κ1) is 24.2. The average molecular weight is 476 g/mol. The number of benzene rings is 1. The molecule has 2 N–H and O–H groups in total. The molecule has 182 valence electrons. The number of nitrogens with one attached hydrogen (secondary N) is 2. The Labute approximate surface area is 197 Å². The Kier molecular flexibility index (Phi) is 8.07. The molecule has 2 amide bonds. The topological polar surface area (TPSA) is 95.6 Å². The van der Waals surface area contributed by atoms with Crippen LogP contribution < -0.4 is 10.6 Å². The van der Waals surface area contributed by atoms with E-state index in [1.54, 1.807) is 6.07 Å². The number of piperidine rings is 1. The van der Waals surface area contributed by atoms with E-state index in [1.807, 2.05) is 12.1 Å². The van der Waals surface area contributed by atoms with Crippen LogP contribution in [-0.2, 0) is 32.5 Å². The molecule has 0 bridgehead atoms. The second kappa shape index (κ2) is 11.0. The first-order chi connectivity index (χ1) is 15.9. The van der Waals surface area contributed by atoms with Gasteiger partial charge in [-0.05, 0) is 74.6 Å². The third-order valence-corrected chi connectivity index (χ3v) is 9.30. The molecule has 0 spiro atoms. The molecule has 0 aromatic heterocycles. The van der Waals surface area contributed by atoms with Crippen LogP contribution in [0.5, 0.6) is 0 Å². The number of hydrogen-bond acceptors (Lipinski definition) is 4. The summed E-state index contributed by atoms with van der Waals surface area (Å²) in [6, 6.07) is 5.83. The van der Waals surface area contributed by atoms with Gasteiger partial charge in [-0.2, -0.15) is 4.31 Å². The third-order valence-electron chi connectivity index (χ3n) is 7.40. The van der Waals surface area contributed by atoms with Crippen molar-refractivity contribution < 1.29 is 18.0 Å². The van der Waals surface area contributed by atoms with Gasteiger partial charge in [0.05, 0.1) is 4.90 Å². The van der Waals surface area contributed by atoms with E-state index < -0.39 is 10.0 Å². The highest BCUT2D eigenvalue weighted by atomic mass is 32.2. The molecule has 1 saturated heterocycles. The fourth-order valence-corrected chi connectivity index (χ4v) is 6.89. The van der Waals surface area contributed by atoms with Crippen LogP contribution in [0.2, 0.25) is 0 Å². The minimum Gasteiger partial charge on any atom is -0.355 e. The Morgan fingerprint density at radius 3 is 2.33 bits per heavy atom. The van der Waals surface area contributed by atoms with Crippen LogP contribution in [-0.4, -0.2) is 50.2 Å². The number of sulfonamides is 1. The SMILES string of the molecule is O=C(CCNC(=O)C1CCN(S(=O)(=O)c2ccc3c(c2)CCCC3)CC1)NC1CCCCC1. The zero-order chi connectivity index (χ0) is 23.3. The number of fused-ring (bicyclic) bond motifs is 1. The molecule has 1 saturated carbocycles. The normalized spacial score (nSPS) is 20.7. The van der Waals surface area contributed by atoms with E-state index >= 15 is 0 Å². The molecule has 7 nitrogen and oxygen atoms in total. The van der Waals surface area contributed by atoms with E-state index in [1.165, 1.54) is 35.6 Å². The van der Waals surface area contributed by atoms with E-state index in [0.717, 1.165) is 37.7 Å². The van der Waals surface area contributed by atoms with Crippen molar-refractivity contribution in [2.45, 2.75) is 88.0 Å². The van der Waals surface area contributed by atoms with E-state index in [9.17, 15) is 18.0 Å². The fourth-order valence-electron chi connectivity index (χ4n) is 5.37. The zero-order valence-corrected chi connectivity index (χ0v) is 20.3. The zero-order valence-electron chi connectivity index (χ0n) is 19.5. The fraction of sp³-hybridized carbons (Fsp3) is 0.680. The molecular weight excluding hydrogens is 438 g/mol. The highest BCUT2D eigenvalue weighted by Crippen LogP contribution is 2.28. The van der Waals surface area contributed by atoms with Gasteiger partial charge in [-0.15, -0.1) is 0 Å². The second-order valence-electron chi connectivity index (χ2n) is 9.76. The lowest BCUT2D eigenvalue weighted by atomic mass is 9.92. The molecule has 0 radical (unpaired) electrons. The summed E-state index contributed by atoms with van der Waals surface area (Å²) in [5.41, 5.74) is 2.42. The van der Waals surface area contributed by atoms with Crippen LogP contribution in [0.3, 0.4) is 0 Å². The van der Waals surface area contributed by atoms with Gasteiger partial charge in [-0.25, -0.2) is 8.42 Å². The minimum atomic E-state index is -3.54. The van der Waals surface area contributed by atoms with Crippen LogP contribution in [0, 0.1) is 5.92 Å². The molecule has 0 unspecified atom stereocenters. The molecule has 8 heteroatoms. The number of hydrogen-bond donors (Lipinski definition) is 2. The minimum absolute atomic E-state index is 0.00633. The van der Waals surface area contributed by atoms with Crippen LogP contribution in [0.25, 0.3) is 0 Å². The number of nitrogens with zero attached hydrogens (tertiary/aromatic N) is 1.